The van der Waals surface area contributed by atoms with Crippen molar-refractivity contribution in [2.45, 2.75) is 64.8 Å². The molecule has 0 radical (unpaired) electrons. The van der Waals surface area contributed by atoms with Gasteiger partial charge < -0.3 is 5.73 Å². The van der Waals surface area contributed by atoms with Crippen molar-refractivity contribution in [2.24, 2.45) is 11.7 Å². The monoisotopic (exact) mass is 245 g/mol. The van der Waals surface area contributed by atoms with Crippen LogP contribution in [0.3, 0.4) is 0 Å². The first-order chi connectivity index (χ1) is 8.68. The Balaban J connectivity index is 2.12. The zero-order valence-electron chi connectivity index (χ0n) is 11.9. The average Bonchev–Trinajstić information content (AvgIpc) is 2.31. The maximum Gasteiger partial charge on any atom is 0.0326 e. The van der Waals surface area contributed by atoms with Gasteiger partial charge in [-0.2, -0.15) is 0 Å². The first-order valence-corrected chi connectivity index (χ1v) is 7.51. The van der Waals surface area contributed by atoms with Crippen LogP contribution in [-0.4, -0.2) is 0 Å². The van der Waals surface area contributed by atoms with E-state index in [-0.39, 0.29) is 6.04 Å². The summed E-state index contributed by atoms with van der Waals surface area (Å²) < 4.78 is 0. The lowest BCUT2D eigenvalue weighted by atomic mass is 9.82. The van der Waals surface area contributed by atoms with Gasteiger partial charge in [-0.3, -0.25) is 0 Å². The van der Waals surface area contributed by atoms with E-state index in [0.29, 0.717) is 5.92 Å². The first-order valence-electron chi connectivity index (χ1n) is 7.51. The van der Waals surface area contributed by atoms with Crippen LogP contribution in [-0.2, 0) is 0 Å². The Morgan fingerprint density at radius 1 is 1.00 bits per heavy atom. The van der Waals surface area contributed by atoms with E-state index in [9.17, 15) is 0 Å². The van der Waals surface area contributed by atoms with E-state index in [1.54, 1.807) is 0 Å². The normalized spacial score (nSPS) is 20.2. The smallest absolute Gasteiger partial charge is 0.0326 e. The van der Waals surface area contributed by atoms with Crippen LogP contribution in [0, 0.1) is 19.8 Å². The highest BCUT2D eigenvalue weighted by molar-refractivity contribution is 5.33. The van der Waals surface area contributed by atoms with Crippen LogP contribution in [0.2, 0.25) is 0 Å². The number of hydrogen-bond donors (Lipinski definition) is 1. The molecule has 1 fully saturated rings. The minimum Gasteiger partial charge on any atom is -0.324 e. The van der Waals surface area contributed by atoms with Crippen LogP contribution in [0.5, 0.6) is 0 Å². The molecule has 1 atom stereocenters. The summed E-state index contributed by atoms with van der Waals surface area (Å²) in [4.78, 5) is 0. The maximum absolute atomic E-state index is 6.56. The molecule has 0 aromatic heterocycles. The highest BCUT2D eigenvalue weighted by Gasteiger charge is 2.21. The van der Waals surface area contributed by atoms with Gasteiger partial charge in [-0.05, 0) is 43.7 Å². The van der Waals surface area contributed by atoms with Gasteiger partial charge >= 0.3 is 0 Å². The number of hydrogen-bond acceptors (Lipinski definition) is 1. The molecule has 1 unspecified atom stereocenters. The minimum absolute atomic E-state index is 0.239. The number of aryl methyl sites for hydroxylation is 2. The van der Waals surface area contributed by atoms with Gasteiger partial charge in [0.25, 0.3) is 0 Å². The standard InChI is InChI=1S/C17H27N/c1-13-10-11-14(2)16(12-13)17(18)15-8-6-4-3-5-7-9-15/h10-12,15,17H,3-9,18H2,1-2H3. The van der Waals surface area contributed by atoms with E-state index in [0.717, 1.165) is 0 Å². The fraction of sp³-hybridized carbons (Fsp3) is 0.647. The van der Waals surface area contributed by atoms with Crippen molar-refractivity contribution in [1.82, 2.24) is 0 Å². The highest BCUT2D eigenvalue weighted by Crippen LogP contribution is 2.32. The van der Waals surface area contributed by atoms with Crippen LogP contribution < -0.4 is 5.73 Å². The number of nitrogens with two attached hydrogens (primary N) is 1. The Morgan fingerprint density at radius 2 is 1.61 bits per heavy atom. The third-order valence-electron chi connectivity index (χ3n) is 4.45. The Bertz CT molecular complexity index is 375. The van der Waals surface area contributed by atoms with E-state index >= 15 is 0 Å². The van der Waals surface area contributed by atoms with Crippen molar-refractivity contribution >= 4 is 0 Å². The topological polar surface area (TPSA) is 26.0 Å². The van der Waals surface area contributed by atoms with Gasteiger partial charge in [0.2, 0.25) is 0 Å². The second-order valence-electron chi connectivity index (χ2n) is 5.99. The van der Waals surface area contributed by atoms with Gasteiger partial charge in [0, 0.05) is 6.04 Å². The second kappa shape index (κ2) is 6.38. The van der Waals surface area contributed by atoms with E-state index in [1.165, 1.54) is 61.6 Å². The van der Waals surface area contributed by atoms with Crippen molar-refractivity contribution in [2.75, 3.05) is 0 Å². The van der Waals surface area contributed by atoms with Crippen LogP contribution in [0.15, 0.2) is 18.2 Å². The Labute approximate surface area is 112 Å². The molecule has 1 nitrogen and oxygen atoms in total. The molecule has 0 saturated heterocycles. The van der Waals surface area contributed by atoms with Crippen molar-refractivity contribution in [1.29, 1.82) is 0 Å². The van der Waals surface area contributed by atoms with Crippen LogP contribution in [0.4, 0.5) is 0 Å². The largest absolute Gasteiger partial charge is 0.324 e. The minimum atomic E-state index is 0.239. The highest BCUT2D eigenvalue weighted by atomic mass is 14.7. The van der Waals surface area contributed by atoms with Gasteiger partial charge in [0.05, 0.1) is 0 Å². The van der Waals surface area contributed by atoms with E-state index in [2.05, 4.69) is 32.0 Å². The Hall–Kier alpha value is -0.820. The molecule has 1 saturated carbocycles. The molecule has 1 aromatic rings. The van der Waals surface area contributed by atoms with E-state index < -0.39 is 0 Å². The molecule has 1 aliphatic carbocycles. The zero-order chi connectivity index (χ0) is 13.0. The quantitative estimate of drug-likeness (QED) is 0.805. The van der Waals surface area contributed by atoms with Gasteiger partial charge in [-0.15, -0.1) is 0 Å². The molecular weight excluding hydrogens is 218 g/mol. The summed E-state index contributed by atoms with van der Waals surface area (Å²) in [5.41, 5.74) is 10.6. The molecule has 1 aliphatic rings. The van der Waals surface area contributed by atoms with Crippen LogP contribution in [0.25, 0.3) is 0 Å². The fourth-order valence-electron chi connectivity index (χ4n) is 3.22. The summed E-state index contributed by atoms with van der Waals surface area (Å²) in [6.45, 7) is 4.35. The Kier molecular flexibility index (Phi) is 4.82. The summed E-state index contributed by atoms with van der Waals surface area (Å²) >= 11 is 0. The third-order valence-corrected chi connectivity index (χ3v) is 4.45. The second-order valence-corrected chi connectivity index (χ2v) is 5.99. The zero-order valence-corrected chi connectivity index (χ0v) is 11.9. The van der Waals surface area contributed by atoms with Crippen molar-refractivity contribution < 1.29 is 0 Å². The first kappa shape index (κ1) is 13.6. The van der Waals surface area contributed by atoms with Crippen LogP contribution in [0.1, 0.15) is 67.7 Å². The lowest BCUT2D eigenvalue weighted by Crippen LogP contribution is -2.23. The molecule has 2 N–H and O–H groups in total. The van der Waals surface area contributed by atoms with E-state index in [4.69, 9.17) is 5.73 Å². The molecule has 100 valence electrons. The van der Waals surface area contributed by atoms with Crippen molar-refractivity contribution in [3.8, 4) is 0 Å². The molecule has 1 heteroatoms. The summed E-state index contributed by atoms with van der Waals surface area (Å²) in [6, 6.07) is 6.93. The Morgan fingerprint density at radius 3 is 2.28 bits per heavy atom. The summed E-state index contributed by atoms with van der Waals surface area (Å²) in [5, 5.41) is 0. The fourth-order valence-corrected chi connectivity index (χ4v) is 3.22. The molecule has 0 bridgehead atoms. The number of benzene rings is 1. The SMILES string of the molecule is Cc1ccc(C)c(C(N)C2CCCCCCC2)c1. The van der Waals surface area contributed by atoms with Crippen LogP contribution >= 0.6 is 0 Å². The third kappa shape index (κ3) is 3.35. The molecule has 0 aliphatic heterocycles. The summed E-state index contributed by atoms with van der Waals surface area (Å²) in [7, 11) is 0. The van der Waals surface area contributed by atoms with Gasteiger partial charge in [-0.1, -0.05) is 55.9 Å². The lowest BCUT2D eigenvalue weighted by molar-refractivity contribution is 0.327. The van der Waals surface area contributed by atoms with Crippen molar-refractivity contribution in [3.63, 3.8) is 0 Å². The summed E-state index contributed by atoms with van der Waals surface area (Å²) in [6.07, 6.45) is 9.58. The van der Waals surface area contributed by atoms with E-state index in [1.807, 2.05) is 0 Å². The molecule has 0 heterocycles. The maximum atomic E-state index is 6.56. The summed E-state index contributed by atoms with van der Waals surface area (Å²) in [5.74, 6) is 0.686. The predicted octanol–water partition coefficient (Wildman–Crippen LogP) is 4.66. The predicted molar refractivity (Wildman–Crippen MR) is 78.7 cm³/mol. The number of rotatable bonds is 2. The molecule has 1 aromatic carbocycles. The molecule has 0 amide bonds. The average molecular weight is 245 g/mol. The molecular formula is C17H27N. The van der Waals surface area contributed by atoms with Gasteiger partial charge in [0.1, 0.15) is 0 Å². The molecule has 2 rings (SSSR count). The van der Waals surface area contributed by atoms with Gasteiger partial charge in [0.15, 0.2) is 0 Å². The van der Waals surface area contributed by atoms with Crippen molar-refractivity contribution in [3.05, 3.63) is 34.9 Å². The molecule has 0 spiro atoms. The molecule has 18 heavy (non-hydrogen) atoms. The lowest BCUT2D eigenvalue weighted by Gasteiger charge is -2.27. The van der Waals surface area contributed by atoms with Gasteiger partial charge in [-0.25, -0.2) is 0 Å².